The molecule has 21 nitrogen and oxygen atoms in total. The van der Waals surface area contributed by atoms with Gasteiger partial charge in [0.1, 0.15) is 19.8 Å². The second-order valence-corrected chi connectivity index (χ2v) is 43.2. The van der Waals surface area contributed by atoms with Crippen LogP contribution in [0, 0.1) is 108 Å². The number of aliphatic hydroxyl groups excluding tert-OH is 3. The Hall–Kier alpha value is -6.71. The van der Waals surface area contributed by atoms with Crippen molar-refractivity contribution in [2.24, 2.45) is 108 Å². The Morgan fingerprint density at radius 2 is 0.664 bits per heavy atom. The second kappa shape index (κ2) is 36.9. The lowest BCUT2D eigenvalue weighted by molar-refractivity contribution is -0.192. The Balaban J connectivity index is 0.000000143. The first-order valence-corrected chi connectivity index (χ1v) is 48.9. The molecular formula is C104H148O21. The SMILES string of the molecule is CCC(=O)O[C@]1(C(=O)CO)CC[C@H]2[C@@H]3CCC4=CC(=O)CC[C@]4(C)[C@H]3CC[C@@]21C.CCCC(=O)OCC(=O)[C@@]1(OC(=O)CCC)CCC2C3CCC4=CC(=O)CC[C@]4(C)C3CC[C@@]21C.CCCC(=O)O[C@]1(C(=O)CO)CCC2C3CCC4=CC(=O)CC[C@]4(C)C3=CC[C@@]21C.CCCCC(=O)O[C@]1(C(=O)CO)CC[C@H]2[C@@H]3CCC4=CC(=O)CC[C@]4(C)[C@H]3CC[C@@]21C. The van der Waals surface area contributed by atoms with Gasteiger partial charge in [0.05, 0.1) is 0 Å². The monoisotopic (exact) mass is 1730 g/mol. The first kappa shape index (κ1) is 95.9. The molecule has 16 aliphatic rings. The van der Waals surface area contributed by atoms with Crippen molar-refractivity contribution in [2.45, 2.75) is 376 Å². The predicted molar refractivity (Wildman–Crippen MR) is 469 cm³/mol. The van der Waals surface area contributed by atoms with E-state index in [1.165, 1.54) is 27.9 Å². The van der Waals surface area contributed by atoms with E-state index in [-0.39, 0.29) is 142 Å². The smallest absolute Gasteiger partial charge is 0.306 e. The minimum absolute atomic E-state index is 0.0436. The van der Waals surface area contributed by atoms with Crippen LogP contribution in [0.3, 0.4) is 0 Å². The van der Waals surface area contributed by atoms with Crippen LogP contribution < -0.4 is 0 Å². The summed E-state index contributed by atoms with van der Waals surface area (Å²) in [5.41, 5.74) is 0.0690. The van der Waals surface area contributed by atoms with Gasteiger partial charge in [0, 0.05) is 84.9 Å². The van der Waals surface area contributed by atoms with Gasteiger partial charge >= 0.3 is 29.8 Å². The van der Waals surface area contributed by atoms with Crippen LogP contribution in [0.25, 0.3) is 0 Å². The maximum Gasteiger partial charge on any atom is 0.306 e. The molecule has 16 rings (SSSR count). The average molecular weight is 1730 g/mol. The van der Waals surface area contributed by atoms with Crippen LogP contribution in [0.2, 0.25) is 0 Å². The standard InChI is InChI=1S/C29H42O6.C26H38O5.C25H34O5.C24H34O5/c1-5-7-25(32)34-18-24(31)29(35-26(33)8-6-2)16-13-23-21-10-9-19-17-20(30)11-14-27(19,3)22(21)12-15-28(23,29)4;1-4-5-6-23(30)31-26(22(29)16-27)14-11-21-19-8-7-17-15-18(28)9-12-24(17,2)20(19)10-13-25(21,26)3;1-4-5-22(29)30-25(21(28)15-26)13-10-20-18-7-6-16-14-17(27)8-11-23(16,2)19(18)9-12-24(20,25)3;1-4-21(28)29-24(20(27)14-25)12-9-19-17-6-5-15-13-16(26)7-10-22(15,2)18(17)8-11-23(19,24)3/h17,21-23H,5-16,18H2,1-4H3;15,19-21,27H,4-14,16H2,1-3H3;9,14,18,20,26H,4-8,10-13,15H2,1-3H3;13,17-19,25H,4-12,14H2,1-3H3/t21?,22?,23?,27-,28-,29-;19-,20+,21+,24+,25+,26+;18?,20?,23-,24-,25-;17-,18+,19+,22+,23+,24+/m0101/s1. The zero-order valence-corrected chi connectivity index (χ0v) is 77.7. The lowest BCUT2D eigenvalue weighted by Crippen LogP contribution is -2.60. The molecular weight excluding hydrogens is 1590 g/mol. The van der Waals surface area contributed by atoms with E-state index in [0.717, 1.165) is 154 Å². The number of ketones is 8. The van der Waals surface area contributed by atoms with Gasteiger partial charge in [0.2, 0.25) is 23.1 Å². The number of aliphatic hydroxyl groups is 3. The summed E-state index contributed by atoms with van der Waals surface area (Å²) in [6.45, 7) is 25.2. The summed E-state index contributed by atoms with van der Waals surface area (Å²) < 4.78 is 29.4. The fourth-order valence-electron chi connectivity index (χ4n) is 30.9. The van der Waals surface area contributed by atoms with E-state index in [9.17, 15) is 77.6 Å². The average Bonchev–Trinajstić information content (AvgIpc) is 1.60. The van der Waals surface area contributed by atoms with Crippen LogP contribution in [0.1, 0.15) is 353 Å². The number of carbonyl (C=O) groups excluding carboxylic acids is 13. The molecule has 3 N–H and O–H groups in total. The minimum Gasteiger partial charge on any atom is -0.457 e. The zero-order valence-electron chi connectivity index (χ0n) is 77.7. The molecule has 690 valence electrons. The molecule has 0 bridgehead atoms. The van der Waals surface area contributed by atoms with E-state index in [1.54, 1.807) is 6.92 Å². The Labute approximate surface area is 742 Å². The Morgan fingerprint density at radius 1 is 0.336 bits per heavy atom. The number of rotatable bonds is 23. The number of carbonyl (C=O) groups is 13. The van der Waals surface area contributed by atoms with Gasteiger partial charge in [-0.15, -0.1) is 0 Å². The largest absolute Gasteiger partial charge is 0.457 e. The first-order chi connectivity index (χ1) is 59.3. The van der Waals surface area contributed by atoms with Crippen molar-refractivity contribution < 1.29 is 101 Å². The van der Waals surface area contributed by atoms with Crippen molar-refractivity contribution in [3.8, 4) is 0 Å². The molecule has 0 radical (unpaired) electrons. The fraction of sp³-hybridized carbons (Fsp3) is 0.779. The van der Waals surface area contributed by atoms with Crippen molar-refractivity contribution in [2.75, 3.05) is 26.4 Å². The normalized spacial score (nSPS) is 40.7. The molecule has 0 amide bonds. The third-order valence-corrected chi connectivity index (χ3v) is 37.8. The van der Waals surface area contributed by atoms with Crippen molar-refractivity contribution in [3.05, 3.63) is 58.2 Å². The van der Waals surface area contributed by atoms with Gasteiger partial charge in [0.25, 0.3) is 0 Å². The predicted octanol–water partition coefficient (Wildman–Crippen LogP) is 17.9. The van der Waals surface area contributed by atoms with Crippen LogP contribution in [-0.4, -0.2) is 140 Å². The van der Waals surface area contributed by atoms with Crippen molar-refractivity contribution in [1.29, 1.82) is 0 Å². The van der Waals surface area contributed by atoms with Crippen molar-refractivity contribution in [3.63, 3.8) is 0 Å². The number of hydrogen-bond acceptors (Lipinski definition) is 21. The molecule has 0 saturated heterocycles. The summed E-state index contributed by atoms with van der Waals surface area (Å²) in [6, 6.07) is 0. The summed E-state index contributed by atoms with van der Waals surface area (Å²) in [5.74, 6) is 2.30. The Morgan fingerprint density at radius 3 is 1.04 bits per heavy atom. The number of esters is 5. The number of unbranched alkanes of at least 4 members (excludes halogenated alkanes) is 1. The molecule has 21 heteroatoms. The third kappa shape index (κ3) is 16.1. The highest BCUT2D eigenvalue weighted by Crippen LogP contribution is 2.74. The van der Waals surface area contributed by atoms with Crippen LogP contribution in [0.5, 0.6) is 0 Å². The summed E-state index contributed by atoms with van der Waals surface area (Å²) in [5, 5.41) is 29.3. The summed E-state index contributed by atoms with van der Waals surface area (Å²) in [7, 11) is 0. The molecule has 16 aliphatic carbocycles. The molecule has 0 aromatic heterocycles. The lowest BCUT2D eigenvalue weighted by Gasteiger charge is -2.59. The second-order valence-electron chi connectivity index (χ2n) is 43.2. The van der Waals surface area contributed by atoms with E-state index in [2.05, 4.69) is 61.5 Å². The van der Waals surface area contributed by atoms with Gasteiger partial charge in [-0.05, 0) is 305 Å². The summed E-state index contributed by atoms with van der Waals surface area (Å²) >= 11 is 0. The topological polar surface area (TPSA) is 329 Å². The molecule has 125 heavy (non-hydrogen) atoms. The Kier molecular flexibility index (Phi) is 28.3. The molecule has 11 fully saturated rings. The molecule has 0 spiro atoms. The number of hydrogen-bond donors (Lipinski definition) is 3. The van der Waals surface area contributed by atoms with Crippen molar-refractivity contribution >= 4 is 76.1 Å². The van der Waals surface area contributed by atoms with Gasteiger partial charge in [0.15, 0.2) is 52.1 Å². The minimum atomic E-state index is -1.24. The fourth-order valence-corrected chi connectivity index (χ4v) is 30.9. The lowest BCUT2D eigenvalue weighted by atomic mass is 9.46. The molecule has 0 heterocycles. The summed E-state index contributed by atoms with van der Waals surface area (Å²) in [4.78, 5) is 163. The van der Waals surface area contributed by atoms with Gasteiger partial charge in [-0.3, -0.25) is 62.3 Å². The van der Waals surface area contributed by atoms with E-state index in [0.29, 0.717) is 137 Å². The third-order valence-electron chi connectivity index (χ3n) is 37.8. The van der Waals surface area contributed by atoms with Crippen LogP contribution in [0.15, 0.2) is 58.2 Å². The molecule has 11 saturated carbocycles. The maximum atomic E-state index is 13.8. The Bertz CT molecular complexity index is 4420. The molecule has 5 unspecified atom stereocenters. The molecule has 0 aliphatic heterocycles. The highest BCUT2D eigenvalue weighted by molar-refractivity contribution is 5.97. The van der Waals surface area contributed by atoms with Gasteiger partial charge in [-0.2, -0.15) is 0 Å². The first-order valence-electron chi connectivity index (χ1n) is 48.9. The van der Waals surface area contributed by atoms with E-state index in [1.807, 2.05) is 52.0 Å². The molecule has 0 aromatic carbocycles. The van der Waals surface area contributed by atoms with Crippen LogP contribution in [-0.2, 0) is 86.0 Å². The molecule has 23 atom stereocenters. The van der Waals surface area contributed by atoms with E-state index < -0.39 is 63.9 Å². The van der Waals surface area contributed by atoms with Crippen LogP contribution >= 0.6 is 0 Å². The number of allylic oxidation sites excluding steroid dienone is 7. The van der Waals surface area contributed by atoms with Gasteiger partial charge < -0.3 is 39.0 Å². The molecule has 0 aromatic rings. The number of Topliss-reactive ketones (excluding diaryl/α,β-unsaturated/α-hetero) is 4. The van der Waals surface area contributed by atoms with Gasteiger partial charge in [-0.25, -0.2) is 0 Å². The van der Waals surface area contributed by atoms with E-state index >= 15 is 0 Å². The number of ether oxygens (including phenoxy) is 5. The summed E-state index contributed by atoms with van der Waals surface area (Å²) in [6.07, 6.45) is 40.2. The quantitative estimate of drug-likeness (QED) is 0.0486. The van der Waals surface area contributed by atoms with E-state index in [4.69, 9.17) is 23.7 Å². The maximum absolute atomic E-state index is 13.8. The number of fused-ring (bicyclic) bond motifs is 20. The van der Waals surface area contributed by atoms with Gasteiger partial charge in [-0.1, -0.05) is 130 Å². The highest BCUT2D eigenvalue weighted by atomic mass is 16.6. The zero-order chi connectivity index (χ0) is 90.6. The highest BCUT2D eigenvalue weighted by Gasteiger charge is 2.74. The van der Waals surface area contributed by atoms with Crippen molar-refractivity contribution in [1.82, 2.24) is 0 Å². The van der Waals surface area contributed by atoms with Crippen LogP contribution in [0.4, 0.5) is 0 Å².